The van der Waals surface area contributed by atoms with Crippen molar-refractivity contribution in [3.8, 4) is 0 Å². The number of nitrogens with one attached hydrogen (secondary N) is 1. The number of hydrogen-bond donors (Lipinski definition) is 1. The zero-order valence-electron chi connectivity index (χ0n) is 13.2. The van der Waals surface area contributed by atoms with Crippen molar-refractivity contribution in [1.82, 2.24) is 10.2 Å². The number of hydrogen-bond acceptors (Lipinski definition) is 3. The van der Waals surface area contributed by atoms with Gasteiger partial charge in [-0.25, -0.2) is 0 Å². The van der Waals surface area contributed by atoms with Crippen LogP contribution < -0.4 is 5.32 Å². The summed E-state index contributed by atoms with van der Waals surface area (Å²) in [7, 11) is 0. The molecule has 1 saturated heterocycles. The standard InChI is InChI=1S/C17H25ClN2O2/c1-2-22-13-17(21)19-12-16(20-10-4-3-5-11-20)14-6-8-15(18)9-7-14/h6-9,16H,2-5,10-13H2,1H3,(H,19,21). The van der Waals surface area contributed by atoms with E-state index in [4.69, 9.17) is 16.3 Å². The van der Waals surface area contributed by atoms with Gasteiger partial charge in [-0.1, -0.05) is 30.2 Å². The minimum absolute atomic E-state index is 0.0576. The van der Waals surface area contributed by atoms with E-state index in [1.165, 1.54) is 24.8 Å². The molecule has 5 heteroatoms. The Morgan fingerprint density at radius 1 is 1.27 bits per heavy atom. The molecule has 4 nitrogen and oxygen atoms in total. The summed E-state index contributed by atoms with van der Waals surface area (Å²) < 4.78 is 5.15. The molecule has 1 aromatic carbocycles. The molecule has 1 fully saturated rings. The lowest BCUT2D eigenvalue weighted by Gasteiger charge is -2.35. The van der Waals surface area contributed by atoms with E-state index < -0.39 is 0 Å². The van der Waals surface area contributed by atoms with Gasteiger partial charge in [0, 0.05) is 18.2 Å². The zero-order valence-corrected chi connectivity index (χ0v) is 13.9. The van der Waals surface area contributed by atoms with Crippen molar-refractivity contribution < 1.29 is 9.53 Å². The second kappa shape index (κ2) is 9.13. The minimum Gasteiger partial charge on any atom is -0.372 e. The van der Waals surface area contributed by atoms with E-state index in [-0.39, 0.29) is 18.6 Å². The highest BCUT2D eigenvalue weighted by molar-refractivity contribution is 6.30. The van der Waals surface area contributed by atoms with Crippen LogP contribution in [0.5, 0.6) is 0 Å². The van der Waals surface area contributed by atoms with E-state index >= 15 is 0 Å². The highest BCUT2D eigenvalue weighted by Gasteiger charge is 2.22. The third-order valence-corrected chi connectivity index (χ3v) is 4.27. The molecule has 0 saturated carbocycles. The van der Waals surface area contributed by atoms with Gasteiger partial charge >= 0.3 is 0 Å². The summed E-state index contributed by atoms with van der Waals surface area (Å²) in [5.41, 5.74) is 1.20. The molecule has 1 unspecified atom stereocenters. The van der Waals surface area contributed by atoms with Crippen molar-refractivity contribution in [1.29, 1.82) is 0 Å². The Hall–Kier alpha value is -1.10. The Bertz CT molecular complexity index is 458. The van der Waals surface area contributed by atoms with Crippen molar-refractivity contribution in [2.24, 2.45) is 0 Å². The fraction of sp³-hybridized carbons (Fsp3) is 0.588. The van der Waals surface area contributed by atoms with Crippen LogP contribution in [0.4, 0.5) is 0 Å². The van der Waals surface area contributed by atoms with Crippen LogP contribution in [0.2, 0.25) is 5.02 Å². The van der Waals surface area contributed by atoms with Gasteiger partial charge in [0.25, 0.3) is 0 Å². The van der Waals surface area contributed by atoms with Crippen LogP contribution in [0.1, 0.15) is 37.8 Å². The molecular weight excluding hydrogens is 300 g/mol. The maximum atomic E-state index is 11.8. The van der Waals surface area contributed by atoms with Crippen LogP contribution in [0.25, 0.3) is 0 Å². The Labute approximate surface area is 137 Å². The Morgan fingerprint density at radius 3 is 2.59 bits per heavy atom. The van der Waals surface area contributed by atoms with Crippen LogP contribution in [-0.4, -0.2) is 43.7 Å². The monoisotopic (exact) mass is 324 g/mol. The quantitative estimate of drug-likeness (QED) is 0.838. The lowest BCUT2D eigenvalue weighted by Crippen LogP contribution is -2.41. The van der Waals surface area contributed by atoms with Crippen LogP contribution in [-0.2, 0) is 9.53 Å². The molecule has 1 atom stereocenters. The van der Waals surface area contributed by atoms with Crippen molar-refractivity contribution in [3.63, 3.8) is 0 Å². The summed E-state index contributed by atoms with van der Waals surface area (Å²) in [6.07, 6.45) is 3.73. The molecule has 1 aliphatic heterocycles. The average Bonchev–Trinajstić information content (AvgIpc) is 2.55. The molecule has 0 spiro atoms. The Morgan fingerprint density at radius 2 is 1.95 bits per heavy atom. The highest BCUT2D eigenvalue weighted by Crippen LogP contribution is 2.25. The summed E-state index contributed by atoms with van der Waals surface area (Å²) in [4.78, 5) is 14.3. The van der Waals surface area contributed by atoms with Crippen molar-refractivity contribution in [3.05, 3.63) is 34.9 Å². The maximum absolute atomic E-state index is 11.8. The normalized spacial score (nSPS) is 17.2. The first-order valence-electron chi connectivity index (χ1n) is 8.04. The van der Waals surface area contributed by atoms with Crippen LogP contribution >= 0.6 is 11.6 Å². The summed E-state index contributed by atoms with van der Waals surface area (Å²) in [6.45, 7) is 5.33. The Kier molecular flexibility index (Phi) is 7.16. The summed E-state index contributed by atoms with van der Waals surface area (Å²) in [6, 6.07) is 8.13. The molecular formula is C17H25ClN2O2. The van der Waals surface area contributed by atoms with Gasteiger partial charge in [0.1, 0.15) is 6.61 Å². The van der Waals surface area contributed by atoms with Gasteiger partial charge in [-0.3, -0.25) is 9.69 Å². The molecule has 1 amide bonds. The molecule has 122 valence electrons. The number of carbonyl (C=O) groups excluding carboxylic acids is 1. The molecule has 1 heterocycles. The predicted molar refractivity (Wildman–Crippen MR) is 89.1 cm³/mol. The fourth-order valence-electron chi connectivity index (χ4n) is 2.83. The fourth-order valence-corrected chi connectivity index (χ4v) is 2.96. The van der Waals surface area contributed by atoms with Gasteiger partial charge < -0.3 is 10.1 Å². The topological polar surface area (TPSA) is 41.6 Å². The van der Waals surface area contributed by atoms with E-state index in [2.05, 4.69) is 22.3 Å². The van der Waals surface area contributed by atoms with Crippen LogP contribution in [0, 0.1) is 0 Å². The van der Waals surface area contributed by atoms with Gasteiger partial charge in [-0.05, 0) is 50.6 Å². The maximum Gasteiger partial charge on any atom is 0.246 e. The number of carbonyl (C=O) groups is 1. The minimum atomic E-state index is -0.0576. The number of rotatable bonds is 7. The molecule has 0 radical (unpaired) electrons. The molecule has 1 aromatic rings. The van der Waals surface area contributed by atoms with Gasteiger partial charge in [0.2, 0.25) is 5.91 Å². The molecule has 0 aromatic heterocycles. The van der Waals surface area contributed by atoms with E-state index in [0.29, 0.717) is 13.2 Å². The molecule has 1 N–H and O–H groups in total. The summed E-state index contributed by atoms with van der Waals surface area (Å²) in [5, 5.41) is 3.73. The van der Waals surface area contributed by atoms with E-state index in [1.807, 2.05) is 19.1 Å². The molecule has 0 aliphatic carbocycles. The summed E-state index contributed by atoms with van der Waals surface area (Å²) in [5.74, 6) is -0.0576. The van der Waals surface area contributed by atoms with Crippen molar-refractivity contribution in [2.45, 2.75) is 32.2 Å². The molecule has 22 heavy (non-hydrogen) atoms. The third kappa shape index (κ3) is 5.27. The molecule has 1 aliphatic rings. The second-order valence-electron chi connectivity index (χ2n) is 5.61. The van der Waals surface area contributed by atoms with Gasteiger partial charge in [0.15, 0.2) is 0 Å². The summed E-state index contributed by atoms with van der Waals surface area (Å²) >= 11 is 5.99. The number of nitrogens with zero attached hydrogens (tertiary/aromatic N) is 1. The Balaban J connectivity index is 2.01. The van der Waals surface area contributed by atoms with E-state index in [9.17, 15) is 4.79 Å². The smallest absolute Gasteiger partial charge is 0.246 e. The third-order valence-electron chi connectivity index (χ3n) is 4.02. The second-order valence-corrected chi connectivity index (χ2v) is 6.04. The molecule has 2 rings (SSSR count). The molecule has 0 bridgehead atoms. The number of amides is 1. The first kappa shape index (κ1) is 17.3. The van der Waals surface area contributed by atoms with Gasteiger partial charge in [-0.2, -0.15) is 0 Å². The number of halogens is 1. The van der Waals surface area contributed by atoms with Gasteiger partial charge in [-0.15, -0.1) is 0 Å². The number of likely N-dealkylation sites (tertiary alicyclic amines) is 1. The number of piperidine rings is 1. The van der Waals surface area contributed by atoms with Crippen molar-refractivity contribution in [2.75, 3.05) is 32.8 Å². The lowest BCUT2D eigenvalue weighted by molar-refractivity contribution is -0.125. The van der Waals surface area contributed by atoms with Crippen molar-refractivity contribution >= 4 is 17.5 Å². The van der Waals surface area contributed by atoms with E-state index in [1.54, 1.807) is 0 Å². The number of ether oxygens (including phenoxy) is 1. The highest BCUT2D eigenvalue weighted by atomic mass is 35.5. The van der Waals surface area contributed by atoms with E-state index in [0.717, 1.165) is 18.1 Å². The van der Waals surface area contributed by atoms with Crippen LogP contribution in [0.3, 0.4) is 0 Å². The SMILES string of the molecule is CCOCC(=O)NCC(c1ccc(Cl)cc1)N1CCCCC1. The lowest BCUT2D eigenvalue weighted by atomic mass is 10.0. The zero-order chi connectivity index (χ0) is 15.8. The first-order chi connectivity index (χ1) is 10.7. The first-order valence-corrected chi connectivity index (χ1v) is 8.42. The predicted octanol–water partition coefficient (Wildman–Crippen LogP) is 3.02. The van der Waals surface area contributed by atoms with Gasteiger partial charge in [0.05, 0.1) is 6.04 Å². The average molecular weight is 325 g/mol. The number of benzene rings is 1. The van der Waals surface area contributed by atoms with Crippen LogP contribution in [0.15, 0.2) is 24.3 Å². The largest absolute Gasteiger partial charge is 0.372 e.